The fourth-order valence-electron chi connectivity index (χ4n) is 4.65. The average molecular weight is 581 g/mol. The van der Waals surface area contributed by atoms with Crippen LogP contribution in [0.1, 0.15) is 96.2 Å². The maximum atomic E-state index is 14.3. The number of ether oxygens (including phenoxy) is 1. The van der Waals surface area contributed by atoms with Crippen LogP contribution in [0.2, 0.25) is 0 Å². The lowest BCUT2D eigenvalue weighted by molar-refractivity contribution is -0.141. The maximum Gasteiger partial charge on any atom is 0.408 e. The molecule has 0 spiro atoms. The summed E-state index contributed by atoms with van der Waals surface area (Å²) in [6.45, 7) is 9.50. The van der Waals surface area contributed by atoms with Gasteiger partial charge in [-0.05, 0) is 57.7 Å². The molecule has 0 heterocycles. The summed E-state index contributed by atoms with van der Waals surface area (Å²) in [4.78, 5) is 54.2. The molecule has 230 valence electrons. The molecule has 0 saturated heterocycles. The lowest BCUT2D eigenvalue weighted by atomic mass is 10.0. The Morgan fingerprint density at radius 1 is 0.905 bits per heavy atom. The minimum absolute atomic E-state index is 0.0265. The smallest absolute Gasteiger partial charge is 0.408 e. The topological polar surface area (TPSA) is 131 Å². The minimum atomic E-state index is -1.12. The molecule has 2 atom stereocenters. The molecule has 2 aromatic rings. The molecule has 4 amide bonds. The predicted molar refractivity (Wildman–Crippen MR) is 166 cm³/mol. The van der Waals surface area contributed by atoms with Gasteiger partial charge in [0.05, 0.1) is 0 Å². The zero-order valence-electron chi connectivity index (χ0n) is 25.8. The lowest BCUT2D eigenvalue weighted by Crippen LogP contribution is -2.52. The molecule has 0 bridgehead atoms. The Bertz CT molecular complexity index is 1160. The Kier molecular flexibility index (Phi) is 14.0. The summed E-state index contributed by atoms with van der Waals surface area (Å²) in [6.07, 6.45) is 5.00. The van der Waals surface area contributed by atoms with Gasteiger partial charge >= 0.3 is 6.09 Å². The third kappa shape index (κ3) is 11.9. The van der Waals surface area contributed by atoms with Crippen molar-refractivity contribution in [1.82, 2.24) is 10.2 Å². The molecule has 2 rings (SSSR count). The molecule has 4 N–H and O–H groups in total. The molecule has 0 radical (unpaired) electrons. The first kappa shape index (κ1) is 34.3. The predicted octanol–water partition coefficient (Wildman–Crippen LogP) is 6.02. The fraction of sp³-hybridized carbons (Fsp3) is 0.515. The van der Waals surface area contributed by atoms with Crippen molar-refractivity contribution in [2.75, 3.05) is 11.9 Å². The van der Waals surface area contributed by atoms with Crippen molar-refractivity contribution >= 4 is 29.5 Å². The van der Waals surface area contributed by atoms with E-state index in [1.807, 2.05) is 61.5 Å². The van der Waals surface area contributed by atoms with E-state index in [1.54, 1.807) is 20.8 Å². The Morgan fingerprint density at radius 3 is 2.14 bits per heavy atom. The van der Waals surface area contributed by atoms with E-state index in [2.05, 4.69) is 17.6 Å². The van der Waals surface area contributed by atoms with Crippen molar-refractivity contribution < 1.29 is 23.9 Å². The summed E-state index contributed by atoms with van der Waals surface area (Å²) < 4.78 is 5.41. The number of unbranched alkanes of at least 4 members (excludes halogenated alkanes) is 5. The first-order valence-electron chi connectivity index (χ1n) is 14.9. The molecule has 0 aliphatic rings. The number of amides is 4. The number of para-hydroxylation sites is 1. The Morgan fingerprint density at radius 2 is 1.52 bits per heavy atom. The number of anilines is 1. The molecular formula is C33H48N4O5. The molecule has 2 unspecified atom stereocenters. The van der Waals surface area contributed by atoms with Crippen molar-refractivity contribution in [2.45, 2.75) is 104 Å². The van der Waals surface area contributed by atoms with Gasteiger partial charge < -0.3 is 26.0 Å². The van der Waals surface area contributed by atoms with Crippen molar-refractivity contribution in [2.24, 2.45) is 5.73 Å². The normalized spacial score (nSPS) is 12.6. The highest BCUT2D eigenvalue weighted by molar-refractivity contribution is 5.99. The molecule has 9 heteroatoms. The van der Waals surface area contributed by atoms with Crippen LogP contribution in [0.5, 0.6) is 0 Å². The zero-order valence-corrected chi connectivity index (χ0v) is 25.8. The monoisotopic (exact) mass is 580 g/mol. The number of hydrogen-bond donors (Lipinski definition) is 3. The van der Waals surface area contributed by atoms with Crippen LogP contribution in [0.25, 0.3) is 0 Å². The number of carbonyl (C=O) groups is 4. The zero-order chi connectivity index (χ0) is 31.1. The van der Waals surface area contributed by atoms with Gasteiger partial charge in [-0.2, -0.15) is 0 Å². The Hall–Kier alpha value is -3.88. The standard InChI is InChI=1S/C33H48N4O5/c1-6-7-8-9-10-16-23-37(31(40)27(21-22-28(34)38)36-32(41)42-33(3,4)5)29(25-18-12-11-13-19-25)30(39)35-26-20-15-14-17-24(26)2/h11-15,17-20,27,29H,6-10,16,21-23H2,1-5H3,(H2,34,38)(H,35,39)(H,36,41). The highest BCUT2D eigenvalue weighted by Gasteiger charge is 2.36. The lowest BCUT2D eigenvalue weighted by Gasteiger charge is -2.34. The van der Waals surface area contributed by atoms with Gasteiger partial charge in [0, 0.05) is 18.7 Å². The van der Waals surface area contributed by atoms with Gasteiger partial charge in [-0.3, -0.25) is 14.4 Å². The van der Waals surface area contributed by atoms with Crippen LogP contribution in [0.3, 0.4) is 0 Å². The first-order valence-corrected chi connectivity index (χ1v) is 14.9. The van der Waals surface area contributed by atoms with Crippen LogP contribution in [-0.2, 0) is 19.1 Å². The molecule has 0 aliphatic heterocycles. The van der Waals surface area contributed by atoms with Gasteiger partial charge in [-0.25, -0.2) is 4.79 Å². The molecule has 9 nitrogen and oxygen atoms in total. The number of alkyl carbamates (subject to hydrolysis) is 1. The average Bonchev–Trinajstić information content (AvgIpc) is 2.92. The summed E-state index contributed by atoms with van der Waals surface area (Å²) in [6, 6.07) is 14.4. The second-order valence-electron chi connectivity index (χ2n) is 11.6. The molecule has 2 aromatic carbocycles. The van der Waals surface area contributed by atoms with Crippen molar-refractivity contribution in [3.8, 4) is 0 Å². The van der Waals surface area contributed by atoms with E-state index < -0.39 is 35.6 Å². The van der Waals surface area contributed by atoms with Crippen LogP contribution in [-0.4, -0.2) is 46.9 Å². The number of primary amides is 1. The number of benzene rings is 2. The van der Waals surface area contributed by atoms with E-state index in [4.69, 9.17) is 10.5 Å². The van der Waals surface area contributed by atoms with Crippen molar-refractivity contribution in [1.29, 1.82) is 0 Å². The van der Waals surface area contributed by atoms with Crippen LogP contribution in [0, 0.1) is 6.92 Å². The molecule has 42 heavy (non-hydrogen) atoms. The molecule has 0 fully saturated rings. The van der Waals surface area contributed by atoms with Gasteiger partial charge in [-0.15, -0.1) is 0 Å². The van der Waals surface area contributed by atoms with Gasteiger partial charge in [0.1, 0.15) is 17.7 Å². The third-order valence-electron chi connectivity index (χ3n) is 6.78. The Balaban J connectivity index is 2.48. The van der Waals surface area contributed by atoms with E-state index in [0.717, 1.165) is 37.7 Å². The summed E-state index contributed by atoms with van der Waals surface area (Å²) in [5, 5.41) is 5.64. The molecule has 0 aliphatic carbocycles. The summed E-state index contributed by atoms with van der Waals surface area (Å²) in [5.74, 6) is -1.46. The van der Waals surface area contributed by atoms with Gasteiger partial charge in [0.2, 0.25) is 11.8 Å². The quantitative estimate of drug-likeness (QED) is 0.209. The summed E-state index contributed by atoms with van der Waals surface area (Å²) in [7, 11) is 0. The fourth-order valence-corrected chi connectivity index (χ4v) is 4.65. The molecular weight excluding hydrogens is 532 g/mol. The number of aryl methyl sites for hydroxylation is 1. The molecule has 0 saturated carbocycles. The van der Waals surface area contributed by atoms with E-state index in [-0.39, 0.29) is 25.3 Å². The van der Waals surface area contributed by atoms with Crippen molar-refractivity contribution in [3.05, 3.63) is 65.7 Å². The maximum absolute atomic E-state index is 14.3. The minimum Gasteiger partial charge on any atom is -0.444 e. The largest absolute Gasteiger partial charge is 0.444 e. The summed E-state index contributed by atoms with van der Waals surface area (Å²) in [5.41, 5.74) is 6.79. The second-order valence-corrected chi connectivity index (χ2v) is 11.6. The van der Waals surface area contributed by atoms with Crippen LogP contribution < -0.4 is 16.4 Å². The van der Waals surface area contributed by atoms with Gasteiger partial charge in [0.15, 0.2) is 0 Å². The van der Waals surface area contributed by atoms with Crippen LogP contribution >= 0.6 is 0 Å². The first-order chi connectivity index (χ1) is 19.9. The van der Waals surface area contributed by atoms with Gasteiger partial charge in [-0.1, -0.05) is 87.6 Å². The number of nitrogens with zero attached hydrogens (tertiary/aromatic N) is 1. The third-order valence-corrected chi connectivity index (χ3v) is 6.78. The summed E-state index contributed by atoms with van der Waals surface area (Å²) >= 11 is 0. The molecule has 0 aromatic heterocycles. The van der Waals surface area contributed by atoms with E-state index in [9.17, 15) is 19.2 Å². The SMILES string of the molecule is CCCCCCCCN(C(=O)C(CCC(N)=O)NC(=O)OC(C)(C)C)C(C(=O)Nc1ccccc1C)c1ccccc1. The van der Waals surface area contributed by atoms with Crippen LogP contribution in [0.15, 0.2) is 54.6 Å². The van der Waals surface area contributed by atoms with Crippen molar-refractivity contribution in [3.63, 3.8) is 0 Å². The van der Waals surface area contributed by atoms with Gasteiger partial charge in [0.25, 0.3) is 5.91 Å². The number of nitrogens with two attached hydrogens (primary N) is 1. The highest BCUT2D eigenvalue weighted by atomic mass is 16.6. The highest BCUT2D eigenvalue weighted by Crippen LogP contribution is 2.26. The number of hydrogen-bond acceptors (Lipinski definition) is 5. The number of nitrogens with one attached hydrogen (secondary N) is 2. The number of rotatable bonds is 16. The van der Waals surface area contributed by atoms with E-state index in [0.29, 0.717) is 17.7 Å². The van der Waals surface area contributed by atoms with E-state index in [1.165, 1.54) is 4.90 Å². The second kappa shape index (κ2) is 17.2. The Labute approximate surface area is 250 Å². The van der Waals surface area contributed by atoms with E-state index >= 15 is 0 Å². The van der Waals surface area contributed by atoms with Crippen LogP contribution in [0.4, 0.5) is 10.5 Å². The number of carbonyl (C=O) groups excluding carboxylic acids is 4.